The third-order valence-electron chi connectivity index (χ3n) is 2.43. The number of nitrogens with zero attached hydrogens (tertiary/aromatic N) is 1. The Kier molecular flexibility index (Phi) is 3.94. The maximum Gasteiger partial charge on any atom is 0.142 e. The molecule has 18 heavy (non-hydrogen) atoms. The number of nitrogen functional groups attached to an aromatic ring is 1. The van der Waals surface area contributed by atoms with Crippen LogP contribution in [0.4, 0.5) is 0 Å². The summed E-state index contributed by atoms with van der Waals surface area (Å²) in [6, 6.07) is 7.95. The number of aromatic nitrogens is 1. The highest BCUT2D eigenvalue weighted by Gasteiger charge is 2.04. The number of rotatable bonds is 5. The fraction of sp³-hybridized carbons (Fsp3) is 0.231. The predicted octanol–water partition coefficient (Wildman–Crippen LogP) is 2.36. The maximum atomic E-state index is 7.27. The minimum absolute atomic E-state index is 0.0111. The van der Waals surface area contributed by atoms with E-state index >= 15 is 0 Å². The minimum atomic E-state index is 0.0111. The minimum Gasteiger partial charge on any atom is -0.493 e. The lowest BCUT2D eigenvalue weighted by molar-refractivity contribution is 0.321. The van der Waals surface area contributed by atoms with E-state index < -0.39 is 0 Å². The van der Waals surface area contributed by atoms with Crippen molar-refractivity contribution in [3.63, 3.8) is 0 Å². The molecule has 0 spiro atoms. The highest BCUT2D eigenvalue weighted by atomic mass is 32.1. The van der Waals surface area contributed by atoms with E-state index in [-0.39, 0.29) is 5.84 Å². The number of amidine groups is 1. The first kappa shape index (κ1) is 12.6. The molecule has 4 nitrogen and oxygen atoms in total. The van der Waals surface area contributed by atoms with Gasteiger partial charge < -0.3 is 10.5 Å². The molecule has 0 saturated carbocycles. The van der Waals surface area contributed by atoms with Gasteiger partial charge in [0.1, 0.15) is 17.3 Å². The summed E-state index contributed by atoms with van der Waals surface area (Å²) < 4.78 is 5.62. The van der Waals surface area contributed by atoms with Crippen molar-refractivity contribution in [2.24, 2.45) is 5.73 Å². The number of thiazole rings is 1. The number of benzene rings is 1. The first-order chi connectivity index (χ1) is 8.65. The molecule has 0 aliphatic heterocycles. The topological polar surface area (TPSA) is 72.0 Å². The van der Waals surface area contributed by atoms with E-state index in [0.29, 0.717) is 12.3 Å². The third-order valence-corrected chi connectivity index (χ3v) is 3.34. The Hall–Kier alpha value is -1.88. The second kappa shape index (κ2) is 5.64. The molecule has 0 atom stereocenters. The van der Waals surface area contributed by atoms with Gasteiger partial charge in [-0.15, -0.1) is 11.3 Å². The average molecular weight is 261 g/mol. The first-order valence-electron chi connectivity index (χ1n) is 5.63. The second-order valence-corrected chi connectivity index (χ2v) is 4.89. The van der Waals surface area contributed by atoms with Crippen molar-refractivity contribution in [1.29, 1.82) is 5.41 Å². The fourth-order valence-electron chi connectivity index (χ4n) is 1.44. The Balaban J connectivity index is 1.84. The maximum absolute atomic E-state index is 7.27. The van der Waals surface area contributed by atoms with E-state index in [2.05, 4.69) is 4.98 Å². The van der Waals surface area contributed by atoms with Gasteiger partial charge in [0.05, 0.1) is 11.6 Å². The smallest absolute Gasteiger partial charge is 0.142 e. The van der Waals surface area contributed by atoms with Crippen LogP contribution < -0.4 is 10.5 Å². The molecule has 0 fully saturated rings. The van der Waals surface area contributed by atoms with E-state index in [1.807, 2.05) is 31.2 Å². The molecule has 0 unspecified atom stereocenters. The lowest BCUT2D eigenvalue weighted by Gasteiger charge is -2.04. The van der Waals surface area contributed by atoms with Crippen LogP contribution >= 0.6 is 11.3 Å². The van der Waals surface area contributed by atoms with Crippen LogP contribution in [0.2, 0.25) is 0 Å². The summed E-state index contributed by atoms with van der Waals surface area (Å²) in [7, 11) is 0. The van der Waals surface area contributed by atoms with Crippen molar-refractivity contribution in [1.82, 2.24) is 4.98 Å². The Morgan fingerprint density at radius 3 is 2.72 bits per heavy atom. The van der Waals surface area contributed by atoms with E-state index in [9.17, 15) is 0 Å². The van der Waals surface area contributed by atoms with Gasteiger partial charge in [-0.05, 0) is 19.1 Å². The molecular weight excluding hydrogens is 246 g/mol. The second-order valence-electron chi connectivity index (χ2n) is 3.95. The predicted molar refractivity (Wildman–Crippen MR) is 73.5 cm³/mol. The van der Waals surface area contributed by atoms with Gasteiger partial charge in [-0.25, -0.2) is 4.98 Å². The molecule has 5 heteroatoms. The van der Waals surface area contributed by atoms with Gasteiger partial charge in [0.25, 0.3) is 0 Å². The molecule has 94 valence electrons. The molecule has 2 aromatic rings. The number of hydrogen-bond donors (Lipinski definition) is 2. The van der Waals surface area contributed by atoms with Crippen LogP contribution in [-0.2, 0) is 6.42 Å². The van der Waals surface area contributed by atoms with Crippen LogP contribution in [0.25, 0.3) is 0 Å². The van der Waals surface area contributed by atoms with E-state index in [4.69, 9.17) is 15.9 Å². The van der Waals surface area contributed by atoms with Gasteiger partial charge in [0, 0.05) is 11.8 Å². The SMILES string of the molecule is Cc1ccc(OCCc2nc(C(=N)N)cs2)cc1. The van der Waals surface area contributed by atoms with E-state index in [1.165, 1.54) is 16.9 Å². The molecule has 0 saturated heterocycles. The number of aryl methyl sites for hydroxylation is 1. The normalized spacial score (nSPS) is 10.3. The van der Waals surface area contributed by atoms with Crippen LogP contribution in [0, 0.1) is 12.3 Å². The summed E-state index contributed by atoms with van der Waals surface area (Å²) >= 11 is 1.50. The average Bonchev–Trinajstić information content (AvgIpc) is 2.81. The van der Waals surface area contributed by atoms with Crippen molar-refractivity contribution in [3.8, 4) is 5.75 Å². The van der Waals surface area contributed by atoms with Crippen molar-refractivity contribution < 1.29 is 4.74 Å². The summed E-state index contributed by atoms with van der Waals surface area (Å²) in [5.41, 5.74) is 7.12. The van der Waals surface area contributed by atoms with Crippen molar-refractivity contribution in [2.75, 3.05) is 6.61 Å². The zero-order valence-electron chi connectivity index (χ0n) is 10.1. The molecule has 0 aliphatic rings. The third kappa shape index (κ3) is 3.30. The highest BCUT2D eigenvalue weighted by Crippen LogP contribution is 2.13. The molecule has 1 aromatic carbocycles. The molecule has 2 rings (SSSR count). The van der Waals surface area contributed by atoms with Crippen LogP contribution in [0.5, 0.6) is 5.75 Å². The van der Waals surface area contributed by atoms with Crippen LogP contribution in [-0.4, -0.2) is 17.4 Å². The van der Waals surface area contributed by atoms with E-state index in [1.54, 1.807) is 5.38 Å². The molecule has 1 heterocycles. The zero-order chi connectivity index (χ0) is 13.0. The summed E-state index contributed by atoms with van der Waals surface area (Å²) in [5.74, 6) is 0.876. The van der Waals surface area contributed by atoms with Gasteiger partial charge in [0.15, 0.2) is 0 Å². The standard InChI is InChI=1S/C13H15N3OS/c1-9-2-4-10(5-3-9)17-7-6-12-16-11(8-18-12)13(14)15/h2-5,8H,6-7H2,1H3,(H3,14,15). The van der Waals surface area contributed by atoms with Crippen molar-refractivity contribution in [2.45, 2.75) is 13.3 Å². The number of hydrogen-bond acceptors (Lipinski definition) is 4. The quantitative estimate of drug-likeness (QED) is 0.641. The van der Waals surface area contributed by atoms with Gasteiger partial charge in [-0.1, -0.05) is 17.7 Å². The highest BCUT2D eigenvalue weighted by molar-refractivity contribution is 7.09. The Labute approximate surface area is 110 Å². The van der Waals surface area contributed by atoms with Gasteiger partial charge >= 0.3 is 0 Å². The van der Waals surface area contributed by atoms with Gasteiger partial charge in [-0.2, -0.15) is 0 Å². The molecule has 3 N–H and O–H groups in total. The number of nitrogens with one attached hydrogen (secondary N) is 1. The largest absolute Gasteiger partial charge is 0.493 e. The summed E-state index contributed by atoms with van der Waals surface area (Å²) in [6.45, 7) is 2.62. The molecular formula is C13H15N3OS. The van der Waals surface area contributed by atoms with Crippen LogP contribution in [0.3, 0.4) is 0 Å². The lowest BCUT2D eigenvalue weighted by atomic mass is 10.2. The summed E-state index contributed by atoms with van der Waals surface area (Å²) in [6.07, 6.45) is 0.728. The molecule has 0 aliphatic carbocycles. The number of ether oxygens (including phenoxy) is 1. The number of nitrogens with two attached hydrogens (primary N) is 1. The molecule has 0 amide bonds. The molecule has 0 bridgehead atoms. The Morgan fingerprint density at radius 2 is 2.11 bits per heavy atom. The van der Waals surface area contributed by atoms with Crippen molar-refractivity contribution in [3.05, 3.63) is 45.9 Å². The fourth-order valence-corrected chi connectivity index (χ4v) is 2.22. The molecule has 0 radical (unpaired) electrons. The monoisotopic (exact) mass is 261 g/mol. The van der Waals surface area contributed by atoms with E-state index in [0.717, 1.165) is 17.2 Å². The molecule has 1 aromatic heterocycles. The Morgan fingerprint density at radius 1 is 1.39 bits per heavy atom. The lowest BCUT2D eigenvalue weighted by Crippen LogP contribution is -2.11. The summed E-state index contributed by atoms with van der Waals surface area (Å²) in [5, 5.41) is 10.0. The Bertz CT molecular complexity index is 533. The zero-order valence-corrected chi connectivity index (χ0v) is 11.0. The van der Waals surface area contributed by atoms with Gasteiger partial charge in [0.2, 0.25) is 0 Å². The van der Waals surface area contributed by atoms with Gasteiger partial charge in [-0.3, -0.25) is 5.41 Å². The summed E-state index contributed by atoms with van der Waals surface area (Å²) in [4.78, 5) is 4.24. The first-order valence-corrected chi connectivity index (χ1v) is 6.51. The van der Waals surface area contributed by atoms with Crippen molar-refractivity contribution >= 4 is 17.2 Å². The van der Waals surface area contributed by atoms with Crippen LogP contribution in [0.1, 0.15) is 16.3 Å². The van der Waals surface area contributed by atoms with Crippen LogP contribution in [0.15, 0.2) is 29.6 Å².